The second-order valence-corrected chi connectivity index (χ2v) is 1.52. The van der Waals surface area contributed by atoms with Crippen LogP contribution in [0.15, 0.2) is 12.8 Å². The number of amides is 1. The van der Waals surface area contributed by atoms with Gasteiger partial charge in [0, 0.05) is 6.20 Å². The second-order valence-electron chi connectivity index (χ2n) is 1.52. The number of carbonyl (C=O) groups is 1. The van der Waals surface area contributed by atoms with E-state index >= 15 is 0 Å². The van der Waals surface area contributed by atoms with E-state index < -0.39 is 0 Å². The molecule has 0 saturated carbocycles. The lowest BCUT2D eigenvalue weighted by atomic mass is 10.6. The fourth-order valence-corrected chi connectivity index (χ4v) is 0.541. The first kappa shape index (κ1) is 5.31. The minimum Gasteiger partial charge on any atom is -0.351 e. The summed E-state index contributed by atoms with van der Waals surface area (Å²) in [5, 5.41) is 0. The van der Waals surface area contributed by atoms with Gasteiger partial charge in [-0.1, -0.05) is 6.58 Å². The number of hydrogen-bond donors (Lipinski definition) is 0. The molecule has 1 saturated heterocycles. The number of nitrogens with zero attached hydrogens (tertiary/aromatic N) is 1. The van der Waals surface area contributed by atoms with Crippen LogP contribution >= 0.6 is 0 Å². The van der Waals surface area contributed by atoms with Gasteiger partial charge in [0.05, 0.1) is 0 Å². The van der Waals surface area contributed by atoms with Gasteiger partial charge in [-0.25, -0.2) is 0 Å². The van der Waals surface area contributed by atoms with Gasteiger partial charge in [-0.05, 0) is 0 Å². The van der Waals surface area contributed by atoms with E-state index in [0.717, 1.165) is 0 Å². The van der Waals surface area contributed by atoms with Crippen LogP contribution in [0, 0.1) is 0 Å². The second kappa shape index (κ2) is 1.96. The van der Waals surface area contributed by atoms with E-state index in [9.17, 15) is 4.79 Å². The van der Waals surface area contributed by atoms with Gasteiger partial charge in [-0.2, -0.15) is 0 Å². The molecule has 1 amide bonds. The molecule has 0 aromatic rings. The van der Waals surface area contributed by atoms with Gasteiger partial charge in [0.15, 0.2) is 0 Å². The number of rotatable bonds is 1. The minimum absolute atomic E-state index is 0.0139. The smallest absolute Gasteiger partial charge is 0.254 e. The highest BCUT2D eigenvalue weighted by molar-refractivity contribution is 5.79. The van der Waals surface area contributed by atoms with Gasteiger partial charge in [0.25, 0.3) is 5.91 Å². The lowest BCUT2D eigenvalue weighted by Gasteiger charge is -2.02. The Morgan fingerprint density at radius 1 is 1.88 bits per heavy atom. The molecule has 0 radical (unpaired) electrons. The number of carbonyl (C=O) groups excluding carboxylic acids is 1. The molecule has 1 heterocycles. The third-order valence-corrected chi connectivity index (χ3v) is 0.997. The predicted molar refractivity (Wildman–Crippen MR) is 27.9 cm³/mol. The Kier molecular flexibility index (Phi) is 1.30. The van der Waals surface area contributed by atoms with Gasteiger partial charge >= 0.3 is 0 Å². The highest BCUT2D eigenvalue weighted by Gasteiger charge is 2.16. The average Bonchev–Trinajstić information content (AvgIpc) is 2.14. The highest BCUT2D eigenvalue weighted by atomic mass is 16.5. The maximum absolute atomic E-state index is 10.5. The van der Waals surface area contributed by atoms with Crippen molar-refractivity contribution in [2.75, 3.05) is 13.3 Å². The quantitative estimate of drug-likeness (QED) is 0.477. The zero-order valence-corrected chi connectivity index (χ0v) is 4.46. The summed E-state index contributed by atoms with van der Waals surface area (Å²) < 4.78 is 4.77. The molecular weight excluding hydrogens is 106 g/mol. The molecule has 3 nitrogen and oxygen atoms in total. The van der Waals surface area contributed by atoms with Crippen molar-refractivity contribution >= 4 is 5.91 Å². The summed E-state index contributed by atoms with van der Waals surface area (Å²) in [5.41, 5.74) is 0. The van der Waals surface area contributed by atoms with E-state index in [2.05, 4.69) is 6.58 Å². The molecule has 0 N–H and O–H groups in total. The molecule has 0 bridgehead atoms. The van der Waals surface area contributed by atoms with E-state index in [1.54, 1.807) is 0 Å². The summed E-state index contributed by atoms with van der Waals surface area (Å²) in [6.07, 6.45) is 1.47. The molecule has 1 aliphatic heterocycles. The Bertz CT molecular complexity index is 122. The number of ether oxygens (including phenoxy) is 1. The SMILES string of the molecule is C=CN1COCC1=O. The van der Waals surface area contributed by atoms with E-state index in [0.29, 0.717) is 6.73 Å². The fourth-order valence-electron chi connectivity index (χ4n) is 0.541. The largest absolute Gasteiger partial charge is 0.351 e. The molecule has 0 spiro atoms. The fraction of sp³-hybridized carbons (Fsp3) is 0.400. The molecule has 44 valence electrons. The minimum atomic E-state index is -0.0139. The van der Waals surface area contributed by atoms with Crippen LogP contribution in [0.5, 0.6) is 0 Å². The first-order valence-electron chi connectivity index (χ1n) is 2.34. The zero-order valence-electron chi connectivity index (χ0n) is 4.46. The lowest BCUT2D eigenvalue weighted by Crippen LogP contribution is -2.18. The Morgan fingerprint density at radius 3 is 2.88 bits per heavy atom. The molecule has 1 fully saturated rings. The maximum atomic E-state index is 10.5. The molecule has 8 heavy (non-hydrogen) atoms. The van der Waals surface area contributed by atoms with Crippen LogP contribution in [0.2, 0.25) is 0 Å². The summed E-state index contributed by atoms with van der Waals surface area (Å²) in [6.45, 7) is 3.98. The first-order valence-corrected chi connectivity index (χ1v) is 2.34. The third-order valence-electron chi connectivity index (χ3n) is 0.997. The summed E-state index contributed by atoms with van der Waals surface area (Å²) >= 11 is 0. The summed E-state index contributed by atoms with van der Waals surface area (Å²) in [6, 6.07) is 0. The molecule has 0 atom stereocenters. The van der Waals surface area contributed by atoms with Gasteiger partial charge in [0.2, 0.25) is 0 Å². The van der Waals surface area contributed by atoms with E-state index in [1.165, 1.54) is 11.1 Å². The van der Waals surface area contributed by atoms with Crippen molar-refractivity contribution in [1.82, 2.24) is 4.90 Å². The van der Waals surface area contributed by atoms with Crippen molar-refractivity contribution in [3.63, 3.8) is 0 Å². The molecular formula is C5H7NO2. The van der Waals surface area contributed by atoms with Crippen LogP contribution in [0.4, 0.5) is 0 Å². The standard InChI is InChI=1S/C5H7NO2/c1-2-6-4-8-3-5(6)7/h2H,1,3-4H2. The van der Waals surface area contributed by atoms with Crippen molar-refractivity contribution < 1.29 is 9.53 Å². The first-order chi connectivity index (χ1) is 3.84. The summed E-state index contributed by atoms with van der Waals surface area (Å²) in [7, 11) is 0. The van der Waals surface area contributed by atoms with Gasteiger partial charge in [0.1, 0.15) is 13.3 Å². The monoisotopic (exact) mass is 113 g/mol. The van der Waals surface area contributed by atoms with Crippen molar-refractivity contribution in [3.05, 3.63) is 12.8 Å². The molecule has 0 aromatic heterocycles. The van der Waals surface area contributed by atoms with E-state index in [-0.39, 0.29) is 12.5 Å². The van der Waals surface area contributed by atoms with Gasteiger partial charge in [-0.3, -0.25) is 9.69 Å². The molecule has 0 unspecified atom stereocenters. The normalized spacial score (nSPS) is 19.5. The van der Waals surface area contributed by atoms with Crippen LogP contribution in [0.25, 0.3) is 0 Å². The molecule has 3 heteroatoms. The molecule has 0 aliphatic carbocycles. The average molecular weight is 113 g/mol. The predicted octanol–water partition coefficient (Wildman–Crippen LogP) is -0.0538. The molecule has 1 rings (SSSR count). The Balaban J connectivity index is 2.54. The van der Waals surface area contributed by atoms with Crippen LogP contribution < -0.4 is 0 Å². The molecule has 0 aromatic carbocycles. The van der Waals surface area contributed by atoms with Crippen molar-refractivity contribution in [3.8, 4) is 0 Å². The summed E-state index contributed by atoms with van der Waals surface area (Å²) in [5.74, 6) is -0.0139. The lowest BCUT2D eigenvalue weighted by molar-refractivity contribution is -0.124. The van der Waals surface area contributed by atoms with Crippen LogP contribution in [0.3, 0.4) is 0 Å². The Morgan fingerprint density at radius 2 is 2.62 bits per heavy atom. The third kappa shape index (κ3) is 0.721. The van der Waals surface area contributed by atoms with E-state index in [4.69, 9.17) is 4.74 Å². The molecule has 1 aliphatic rings. The van der Waals surface area contributed by atoms with Gasteiger partial charge < -0.3 is 4.74 Å². The topological polar surface area (TPSA) is 29.5 Å². The van der Waals surface area contributed by atoms with Gasteiger partial charge in [-0.15, -0.1) is 0 Å². The summed E-state index contributed by atoms with van der Waals surface area (Å²) in [4.78, 5) is 12.0. The van der Waals surface area contributed by atoms with Crippen LogP contribution in [-0.4, -0.2) is 24.1 Å². The van der Waals surface area contributed by atoms with Crippen LogP contribution in [0.1, 0.15) is 0 Å². The van der Waals surface area contributed by atoms with Crippen molar-refractivity contribution in [2.45, 2.75) is 0 Å². The Hall–Kier alpha value is -0.830. The van der Waals surface area contributed by atoms with Crippen molar-refractivity contribution in [2.24, 2.45) is 0 Å². The zero-order chi connectivity index (χ0) is 5.98. The van der Waals surface area contributed by atoms with Crippen molar-refractivity contribution in [1.29, 1.82) is 0 Å². The number of hydrogen-bond acceptors (Lipinski definition) is 2. The highest BCUT2D eigenvalue weighted by Crippen LogP contribution is 1.99. The van der Waals surface area contributed by atoms with Crippen LogP contribution in [-0.2, 0) is 9.53 Å². The van der Waals surface area contributed by atoms with E-state index in [1.807, 2.05) is 0 Å². The Labute approximate surface area is 47.5 Å². The maximum Gasteiger partial charge on any atom is 0.254 e.